The van der Waals surface area contributed by atoms with Gasteiger partial charge in [0.05, 0.1) is 17.8 Å². The molecule has 0 spiro atoms. The van der Waals surface area contributed by atoms with Crippen LogP contribution >= 0.6 is 0 Å². The molecule has 3 unspecified atom stereocenters. The predicted molar refractivity (Wildman–Crippen MR) is 98.2 cm³/mol. The van der Waals surface area contributed by atoms with Gasteiger partial charge in [0.1, 0.15) is 11.5 Å². The Kier molecular flexibility index (Phi) is 4.12. The Morgan fingerprint density at radius 1 is 1.35 bits per heavy atom. The largest absolute Gasteiger partial charge is 0.455 e. The van der Waals surface area contributed by atoms with Gasteiger partial charge in [0.2, 0.25) is 5.91 Å². The quantitative estimate of drug-likeness (QED) is 0.668. The molecule has 5 heteroatoms. The zero-order valence-corrected chi connectivity index (χ0v) is 14.7. The summed E-state index contributed by atoms with van der Waals surface area (Å²) in [5.41, 5.74) is 4.14. The van der Waals surface area contributed by atoms with Gasteiger partial charge in [0, 0.05) is 11.5 Å². The molecule has 2 aromatic rings. The second-order valence-electron chi connectivity index (χ2n) is 7.43. The van der Waals surface area contributed by atoms with Gasteiger partial charge in [0.15, 0.2) is 0 Å². The smallest absolute Gasteiger partial charge is 0.244 e. The summed E-state index contributed by atoms with van der Waals surface area (Å²) >= 11 is 0. The molecule has 26 heavy (non-hydrogen) atoms. The van der Waals surface area contributed by atoms with E-state index in [0.29, 0.717) is 23.0 Å². The third-order valence-corrected chi connectivity index (χ3v) is 5.92. The number of hydrogen-bond donors (Lipinski definition) is 1. The molecular weight excluding hydrogens is 326 g/mol. The van der Waals surface area contributed by atoms with E-state index in [4.69, 9.17) is 4.42 Å². The highest BCUT2D eigenvalue weighted by molar-refractivity contribution is 5.85. The van der Waals surface area contributed by atoms with Gasteiger partial charge in [0.25, 0.3) is 0 Å². The summed E-state index contributed by atoms with van der Waals surface area (Å²) in [6, 6.07) is 13.0. The molecule has 5 nitrogen and oxygen atoms in total. The van der Waals surface area contributed by atoms with E-state index in [1.54, 1.807) is 18.2 Å². The van der Waals surface area contributed by atoms with Gasteiger partial charge < -0.3 is 4.42 Å². The zero-order valence-electron chi connectivity index (χ0n) is 14.7. The van der Waals surface area contributed by atoms with Crippen LogP contribution in [0.3, 0.4) is 0 Å². The maximum atomic E-state index is 12.4. The molecule has 132 valence electrons. The van der Waals surface area contributed by atoms with Crippen molar-refractivity contribution < 1.29 is 9.21 Å². The van der Waals surface area contributed by atoms with Crippen molar-refractivity contribution in [3.05, 3.63) is 47.7 Å². The number of nitrogens with one attached hydrogen (secondary N) is 1. The van der Waals surface area contributed by atoms with E-state index in [-0.39, 0.29) is 17.2 Å². The Hall–Kier alpha value is -2.87. The van der Waals surface area contributed by atoms with Crippen LogP contribution in [0.1, 0.15) is 43.9 Å². The number of hydrazone groups is 1. The lowest BCUT2D eigenvalue weighted by Crippen LogP contribution is -2.22. The molecule has 2 aliphatic carbocycles. The molecule has 0 saturated heterocycles. The molecule has 1 aromatic carbocycles. The molecule has 1 heterocycles. The Morgan fingerprint density at radius 3 is 2.96 bits per heavy atom. The number of carbonyl (C=O) groups is 1. The Bertz CT molecular complexity index is 908. The van der Waals surface area contributed by atoms with Crippen molar-refractivity contribution in [3.63, 3.8) is 0 Å². The summed E-state index contributed by atoms with van der Waals surface area (Å²) in [6.45, 7) is 2.22. The van der Waals surface area contributed by atoms with E-state index in [2.05, 4.69) is 23.5 Å². The van der Waals surface area contributed by atoms with Crippen LogP contribution in [-0.4, -0.2) is 12.1 Å². The Balaban J connectivity index is 1.40. The molecule has 0 bridgehead atoms. The molecule has 4 rings (SSSR count). The summed E-state index contributed by atoms with van der Waals surface area (Å²) in [7, 11) is 0. The third-order valence-electron chi connectivity index (χ3n) is 5.92. The van der Waals surface area contributed by atoms with Crippen molar-refractivity contribution >= 4 is 12.1 Å². The van der Waals surface area contributed by atoms with E-state index in [1.807, 2.05) is 18.2 Å². The molecule has 2 aliphatic rings. The minimum absolute atomic E-state index is 0.0113. The molecular formula is C21H21N3O2. The van der Waals surface area contributed by atoms with Crippen LogP contribution in [0.4, 0.5) is 0 Å². The lowest BCUT2D eigenvalue weighted by molar-refractivity contribution is -0.123. The predicted octanol–water partition coefficient (Wildman–Crippen LogP) is 4.09. The van der Waals surface area contributed by atoms with Crippen molar-refractivity contribution in [2.45, 2.75) is 32.6 Å². The fraction of sp³-hybridized carbons (Fsp3) is 0.381. The lowest BCUT2D eigenvalue weighted by Gasteiger charge is -2.15. The van der Waals surface area contributed by atoms with Gasteiger partial charge in [-0.1, -0.05) is 31.9 Å². The zero-order chi connectivity index (χ0) is 18.1. The number of carbonyl (C=O) groups excluding carboxylic acids is 1. The maximum absolute atomic E-state index is 12.4. The van der Waals surface area contributed by atoms with Gasteiger partial charge >= 0.3 is 0 Å². The fourth-order valence-electron chi connectivity index (χ4n) is 4.44. The SMILES string of the molecule is CC12CCCCC1C2C(=O)N/N=C/c1ccc(-c2ccccc2C#N)o1. The Morgan fingerprint density at radius 2 is 2.19 bits per heavy atom. The number of nitrogens with zero attached hydrogens (tertiary/aromatic N) is 2. The minimum Gasteiger partial charge on any atom is -0.455 e. The highest BCUT2D eigenvalue weighted by atomic mass is 16.3. The van der Waals surface area contributed by atoms with Crippen LogP contribution < -0.4 is 5.43 Å². The molecule has 1 N–H and O–H groups in total. The lowest BCUT2D eigenvalue weighted by atomic mass is 9.90. The normalized spacial score (nSPS) is 26.9. The van der Waals surface area contributed by atoms with Crippen molar-refractivity contribution in [1.29, 1.82) is 5.26 Å². The molecule has 0 radical (unpaired) electrons. The van der Waals surface area contributed by atoms with Crippen LogP contribution in [0, 0.1) is 28.6 Å². The van der Waals surface area contributed by atoms with Crippen LogP contribution in [0.15, 0.2) is 45.9 Å². The van der Waals surface area contributed by atoms with Gasteiger partial charge in [-0.2, -0.15) is 10.4 Å². The highest BCUT2D eigenvalue weighted by Gasteiger charge is 2.64. The number of nitriles is 1. The molecule has 2 fully saturated rings. The van der Waals surface area contributed by atoms with E-state index >= 15 is 0 Å². The average Bonchev–Trinajstić information content (AvgIpc) is 3.03. The number of rotatable bonds is 4. The van der Waals surface area contributed by atoms with Gasteiger partial charge in [-0.25, -0.2) is 5.43 Å². The topological polar surface area (TPSA) is 78.4 Å². The number of hydrogen-bond acceptors (Lipinski definition) is 4. The second kappa shape index (κ2) is 6.45. The van der Waals surface area contributed by atoms with Crippen molar-refractivity contribution in [3.8, 4) is 17.4 Å². The van der Waals surface area contributed by atoms with Crippen LogP contribution in [0.25, 0.3) is 11.3 Å². The van der Waals surface area contributed by atoms with Crippen molar-refractivity contribution in [2.75, 3.05) is 0 Å². The molecule has 3 atom stereocenters. The Labute approximate surface area is 152 Å². The van der Waals surface area contributed by atoms with Crippen LogP contribution in [0.2, 0.25) is 0 Å². The van der Waals surface area contributed by atoms with E-state index in [1.165, 1.54) is 19.1 Å². The number of furan rings is 1. The third kappa shape index (κ3) is 2.82. The van der Waals surface area contributed by atoms with Gasteiger partial charge in [-0.15, -0.1) is 0 Å². The standard InChI is InChI=1S/C21H21N3O2/c1-21-11-5-4-8-17(21)19(21)20(25)24-23-13-15-9-10-18(26-15)16-7-3-2-6-14(16)12-22/h2-3,6-7,9-10,13,17,19H,4-5,8,11H2,1H3,(H,24,25)/b23-13+. The number of amides is 1. The number of fused-ring (bicyclic) bond motifs is 1. The van der Waals surface area contributed by atoms with Gasteiger partial charge in [-0.3, -0.25) is 4.79 Å². The monoisotopic (exact) mass is 347 g/mol. The average molecular weight is 347 g/mol. The summed E-state index contributed by atoms with van der Waals surface area (Å²) in [4.78, 5) is 12.4. The first-order valence-electron chi connectivity index (χ1n) is 9.06. The molecule has 1 aromatic heterocycles. The summed E-state index contributed by atoms with van der Waals surface area (Å²) in [6.07, 6.45) is 6.24. The van der Waals surface area contributed by atoms with Crippen molar-refractivity contribution in [1.82, 2.24) is 5.43 Å². The van der Waals surface area contributed by atoms with E-state index in [9.17, 15) is 10.1 Å². The fourth-order valence-corrected chi connectivity index (χ4v) is 4.44. The van der Waals surface area contributed by atoms with Crippen LogP contribution in [-0.2, 0) is 4.79 Å². The summed E-state index contributed by atoms with van der Waals surface area (Å²) in [5, 5.41) is 13.2. The summed E-state index contributed by atoms with van der Waals surface area (Å²) < 4.78 is 5.73. The molecule has 0 aliphatic heterocycles. The summed E-state index contributed by atoms with van der Waals surface area (Å²) in [5.74, 6) is 1.77. The van der Waals surface area contributed by atoms with Crippen molar-refractivity contribution in [2.24, 2.45) is 22.4 Å². The first-order chi connectivity index (χ1) is 12.6. The first-order valence-corrected chi connectivity index (χ1v) is 9.06. The minimum atomic E-state index is 0.0113. The second-order valence-corrected chi connectivity index (χ2v) is 7.43. The van der Waals surface area contributed by atoms with E-state index < -0.39 is 0 Å². The highest BCUT2D eigenvalue weighted by Crippen LogP contribution is 2.66. The maximum Gasteiger partial charge on any atom is 0.244 e. The van der Waals surface area contributed by atoms with Gasteiger partial charge in [-0.05, 0) is 48.4 Å². The molecule has 1 amide bonds. The van der Waals surface area contributed by atoms with E-state index in [0.717, 1.165) is 18.4 Å². The first kappa shape index (κ1) is 16.6. The van der Waals surface area contributed by atoms with Crippen LogP contribution in [0.5, 0.6) is 0 Å². The number of benzene rings is 1. The molecule has 2 saturated carbocycles.